The molecule has 1 amide bonds. The number of thiophene rings is 1. The van der Waals surface area contributed by atoms with E-state index in [4.69, 9.17) is 21.7 Å². The van der Waals surface area contributed by atoms with Crippen LogP contribution in [0.3, 0.4) is 0 Å². The summed E-state index contributed by atoms with van der Waals surface area (Å²) >= 11 is 7.67. The third kappa shape index (κ3) is 3.76. The maximum absolute atomic E-state index is 12.1. The van der Waals surface area contributed by atoms with Crippen molar-refractivity contribution < 1.29 is 19.1 Å². The fraction of sp³-hybridized carbons (Fsp3) is 0.118. The molecule has 1 aromatic carbocycles. The second-order valence-corrected chi connectivity index (χ2v) is 7.64. The minimum atomic E-state index is -0.437. The lowest BCUT2D eigenvalue weighted by molar-refractivity contribution is -0.121. The lowest BCUT2D eigenvalue weighted by Crippen LogP contribution is -2.22. The van der Waals surface area contributed by atoms with Gasteiger partial charge in [0.25, 0.3) is 5.91 Å². The van der Waals surface area contributed by atoms with Crippen LogP contribution in [0, 0.1) is 0 Å². The van der Waals surface area contributed by atoms with Gasteiger partial charge in [0.05, 0.1) is 12.0 Å². The van der Waals surface area contributed by atoms with E-state index in [9.17, 15) is 9.59 Å². The number of thioether (sulfide) groups is 1. The fourth-order valence-electron chi connectivity index (χ4n) is 2.10. The minimum Gasteiger partial charge on any atom is -0.493 e. The molecule has 1 aliphatic rings. The molecule has 1 saturated heterocycles. The van der Waals surface area contributed by atoms with Gasteiger partial charge in [-0.15, -0.1) is 11.3 Å². The molecule has 1 aliphatic heterocycles. The molecule has 0 saturated carbocycles. The maximum Gasteiger partial charge on any atom is 0.353 e. The molecule has 0 spiro atoms. The van der Waals surface area contributed by atoms with Gasteiger partial charge in [-0.05, 0) is 35.2 Å². The second-order valence-electron chi connectivity index (χ2n) is 5.02. The van der Waals surface area contributed by atoms with Gasteiger partial charge in [0.1, 0.15) is 9.20 Å². The first kappa shape index (κ1) is 17.7. The molecule has 0 N–H and O–H groups in total. The van der Waals surface area contributed by atoms with Crippen molar-refractivity contribution in [3.63, 3.8) is 0 Å². The Kier molecular flexibility index (Phi) is 5.22. The molecular formula is C17H13NO4S3. The first-order chi connectivity index (χ1) is 12.0. The molecule has 0 atom stereocenters. The van der Waals surface area contributed by atoms with Gasteiger partial charge < -0.3 is 9.47 Å². The normalized spacial score (nSPS) is 15.8. The van der Waals surface area contributed by atoms with Crippen LogP contribution in [0.1, 0.15) is 15.2 Å². The van der Waals surface area contributed by atoms with Crippen LogP contribution in [0.2, 0.25) is 0 Å². The molecule has 0 radical (unpaired) electrons. The van der Waals surface area contributed by atoms with Crippen LogP contribution in [0.4, 0.5) is 0 Å². The Morgan fingerprint density at radius 2 is 2.08 bits per heavy atom. The van der Waals surface area contributed by atoms with Crippen LogP contribution in [0.25, 0.3) is 6.08 Å². The first-order valence-corrected chi connectivity index (χ1v) is 9.25. The number of nitrogens with zero attached hydrogens (tertiary/aromatic N) is 1. The van der Waals surface area contributed by atoms with Crippen molar-refractivity contribution >= 4 is 57.6 Å². The van der Waals surface area contributed by atoms with Gasteiger partial charge in [0.2, 0.25) is 0 Å². The molecule has 0 bridgehead atoms. The van der Waals surface area contributed by atoms with Gasteiger partial charge in [0, 0.05) is 7.05 Å². The summed E-state index contributed by atoms with van der Waals surface area (Å²) in [5.41, 5.74) is 0.752. The molecule has 0 unspecified atom stereocenters. The number of methoxy groups -OCH3 is 1. The van der Waals surface area contributed by atoms with Crippen molar-refractivity contribution in [3.05, 3.63) is 51.1 Å². The van der Waals surface area contributed by atoms with E-state index in [2.05, 4.69) is 0 Å². The summed E-state index contributed by atoms with van der Waals surface area (Å²) in [6.07, 6.45) is 1.73. The van der Waals surface area contributed by atoms with Gasteiger partial charge in [-0.1, -0.05) is 36.1 Å². The predicted octanol–water partition coefficient (Wildman–Crippen LogP) is 3.81. The second kappa shape index (κ2) is 7.38. The highest BCUT2D eigenvalue weighted by atomic mass is 32.2. The van der Waals surface area contributed by atoms with Crippen molar-refractivity contribution in [1.82, 2.24) is 4.90 Å². The minimum absolute atomic E-state index is 0.137. The number of esters is 1. The van der Waals surface area contributed by atoms with E-state index in [-0.39, 0.29) is 5.91 Å². The Hall–Kier alpha value is -2.16. The van der Waals surface area contributed by atoms with Gasteiger partial charge in [-0.3, -0.25) is 9.69 Å². The van der Waals surface area contributed by atoms with E-state index in [1.165, 1.54) is 35.1 Å². The third-order valence-corrected chi connectivity index (χ3v) is 5.73. The van der Waals surface area contributed by atoms with Crippen LogP contribution in [0.15, 0.2) is 40.6 Å². The average molecular weight is 391 g/mol. The number of carbonyl (C=O) groups excluding carboxylic acids is 2. The largest absolute Gasteiger partial charge is 0.493 e. The molecule has 1 fully saturated rings. The summed E-state index contributed by atoms with van der Waals surface area (Å²) in [5.74, 6) is 0.154. The number of carbonyl (C=O) groups is 2. The van der Waals surface area contributed by atoms with Crippen LogP contribution in [-0.4, -0.2) is 35.3 Å². The highest BCUT2D eigenvalue weighted by molar-refractivity contribution is 8.26. The van der Waals surface area contributed by atoms with Crippen molar-refractivity contribution in [2.45, 2.75) is 0 Å². The molecule has 2 aromatic rings. The summed E-state index contributed by atoms with van der Waals surface area (Å²) < 4.78 is 11.2. The monoisotopic (exact) mass is 391 g/mol. The Morgan fingerprint density at radius 3 is 2.68 bits per heavy atom. The van der Waals surface area contributed by atoms with E-state index >= 15 is 0 Å². The standard InChI is InChI=1S/C17H13NO4S3/c1-18-15(19)14(25-17(18)23)9-10-5-6-11(12(8-10)21-2)22-16(20)13-4-3-7-24-13/h3-9H,1-2H3. The number of benzene rings is 1. The number of thiocarbonyl (C=S) groups is 1. The number of rotatable bonds is 4. The quantitative estimate of drug-likeness (QED) is 0.342. The SMILES string of the molecule is COc1cc(C=C2SC(=S)N(C)C2=O)ccc1OC(=O)c1cccs1. The summed E-state index contributed by atoms with van der Waals surface area (Å²) in [5, 5.41) is 1.81. The predicted molar refractivity (Wildman–Crippen MR) is 103 cm³/mol. The summed E-state index contributed by atoms with van der Waals surface area (Å²) in [6, 6.07) is 8.58. The Labute approximate surface area is 158 Å². The molecule has 2 heterocycles. The lowest BCUT2D eigenvalue weighted by Gasteiger charge is -2.09. The van der Waals surface area contributed by atoms with E-state index in [1.54, 1.807) is 48.8 Å². The zero-order valence-corrected chi connectivity index (χ0v) is 15.8. The smallest absolute Gasteiger partial charge is 0.353 e. The number of likely N-dealkylation sites (N-methyl/N-ethyl adjacent to an activating group) is 1. The molecule has 5 nitrogen and oxygen atoms in total. The summed E-state index contributed by atoms with van der Waals surface area (Å²) in [7, 11) is 3.14. The van der Waals surface area contributed by atoms with E-state index < -0.39 is 5.97 Å². The zero-order chi connectivity index (χ0) is 18.0. The first-order valence-electron chi connectivity index (χ1n) is 7.15. The van der Waals surface area contributed by atoms with Crippen LogP contribution in [-0.2, 0) is 4.79 Å². The van der Waals surface area contributed by atoms with Crippen LogP contribution in [0.5, 0.6) is 11.5 Å². The Bertz CT molecular complexity index is 874. The van der Waals surface area contributed by atoms with E-state index in [0.717, 1.165) is 5.56 Å². The van der Waals surface area contributed by atoms with Gasteiger partial charge in [0.15, 0.2) is 11.5 Å². The highest BCUT2D eigenvalue weighted by Crippen LogP contribution is 2.34. The Balaban J connectivity index is 1.84. The molecule has 25 heavy (non-hydrogen) atoms. The average Bonchev–Trinajstić information content (AvgIpc) is 3.22. The number of ether oxygens (including phenoxy) is 2. The number of hydrogen-bond donors (Lipinski definition) is 0. The van der Waals surface area contributed by atoms with Crippen LogP contribution >= 0.6 is 35.3 Å². The Morgan fingerprint density at radius 1 is 1.28 bits per heavy atom. The van der Waals surface area contributed by atoms with Crippen LogP contribution < -0.4 is 9.47 Å². The van der Waals surface area contributed by atoms with Gasteiger partial charge >= 0.3 is 5.97 Å². The van der Waals surface area contributed by atoms with Crippen molar-refractivity contribution in [2.24, 2.45) is 0 Å². The molecule has 1 aromatic heterocycles. The van der Waals surface area contributed by atoms with E-state index in [0.29, 0.717) is 25.6 Å². The topological polar surface area (TPSA) is 55.8 Å². The van der Waals surface area contributed by atoms with Gasteiger partial charge in [-0.25, -0.2) is 4.79 Å². The fourth-order valence-corrected chi connectivity index (χ4v) is 3.88. The lowest BCUT2D eigenvalue weighted by atomic mass is 10.2. The van der Waals surface area contributed by atoms with Gasteiger partial charge in [-0.2, -0.15) is 0 Å². The summed E-state index contributed by atoms with van der Waals surface area (Å²) in [6.45, 7) is 0. The molecule has 8 heteroatoms. The molecule has 3 rings (SSSR count). The van der Waals surface area contributed by atoms with E-state index in [1.807, 2.05) is 0 Å². The van der Waals surface area contributed by atoms with Crippen molar-refractivity contribution in [1.29, 1.82) is 0 Å². The number of amides is 1. The molecule has 0 aliphatic carbocycles. The van der Waals surface area contributed by atoms with Crippen molar-refractivity contribution in [3.8, 4) is 11.5 Å². The molecular weight excluding hydrogens is 378 g/mol. The number of hydrogen-bond acceptors (Lipinski definition) is 7. The summed E-state index contributed by atoms with van der Waals surface area (Å²) in [4.78, 5) is 26.6. The zero-order valence-electron chi connectivity index (χ0n) is 13.3. The maximum atomic E-state index is 12.1. The highest BCUT2D eigenvalue weighted by Gasteiger charge is 2.28. The molecule has 128 valence electrons. The third-order valence-electron chi connectivity index (χ3n) is 3.40. The van der Waals surface area contributed by atoms with Crippen molar-refractivity contribution in [2.75, 3.05) is 14.2 Å².